The van der Waals surface area contributed by atoms with Gasteiger partial charge in [0, 0.05) is 11.1 Å². The van der Waals surface area contributed by atoms with Crippen molar-refractivity contribution in [3.8, 4) is 22.9 Å². The van der Waals surface area contributed by atoms with Crippen molar-refractivity contribution in [3.63, 3.8) is 0 Å². The van der Waals surface area contributed by atoms with Gasteiger partial charge in [-0.2, -0.15) is 0 Å². The Labute approximate surface area is 168 Å². The van der Waals surface area contributed by atoms with Crippen LogP contribution in [0, 0.1) is 0 Å². The molecule has 4 aromatic rings. The van der Waals surface area contributed by atoms with Gasteiger partial charge in [-0.25, -0.2) is 9.78 Å². The van der Waals surface area contributed by atoms with Gasteiger partial charge in [0.05, 0.1) is 25.3 Å². The minimum Gasteiger partial charge on any atom is -0.493 e. The second-order valence-corrected chi connectivity index (χ2v) is 6.40. The summed E-state index contributed by atoms with van der Waals surface area (Å²) in [4.78, 5) is 20.3. The van der Waals surface area contributed by atoms with Gasteiger partial charge in [-0.05, 0) is 30.3 Å². The number of carbonyl (C=O) groups excluding carboxylic acids is 1. The van der Waals surface area contributed by atoms with Crippen LogP contribution in [0.4, 0.5) is 0 Å². The molecule has 0 radical (unpaired) electrons. The molecule has 4 rings (SSSR count). The van der Waals surface area contributed by atoms with E-state index >= 15 is 0 Å². The van der Waals surface area contributed by atoms with Crippen molar-refractivity contribution in [2.75, 3.05) is 14.2 Å². The summed E-state index contributed by atoms with van der Waals surface area (Å²) in [5.74, 6) is 1.14. The Bertz CT molecular complexity index is 1110. The summed E-state index contributed by atoms with van der Waals surface area (Å²) >= 11 is 0. The van der Waals surface area contributed by atoms with Crippen LogP contribution in [0.2, 0.25) is 0 Å². The standard InChI is InChI=1S/C23H20N2O4/c1-27-19-13-12-16(22-24-17-10-6-7-11-18(17)25-22)14-20(19)29-21(23(26)28-2)15-8-4-3-5-9-15/h3-14,21H,1-2H3,(H,24,25). The molecule has 146 valence electrons. The van der Waals surface area contributed by atoms with Crippen molar-refractivity contribution in [2.24, 2.45) is 0 Å². The van der Waals surface area contributed by atoms with Crippen LogP contribution < -0.4 is 9.47 Å². The number of rotatable bonds is 6. The van der Waals surface area contributed by atoms with Crippen LogP contribution in [0.1, 0.15) is 11.7 Å². The summed E-state index contributed by atoms with van der Waals surface area (Å²) in [6, 6.07) is 22.5. The first kappa shape index (κ1) is 18.6. The first-order valence-electron chi connectivity index (χ1n) is 9.12. The maximum absolute atomic E-state index is 12.4. The minimum atomic E-state index is -0.916. The van der Waals surface area contributed by atoms with Crippen molar-refractivity contribution >= 4 is 17.0 Å². The summed E-state index contributed by atoms with van der Waals surface area (Å²) < 4.78 is 16.5. The number of carbonyl (C=O) groups is 1. The molecule has 1 N–H and O–H groups in total. The summed E-state index contributed by atoms with van der Waals surface area (Å²) in [5, 5.41) is 0. The molecule has 0 saturated carbocycles. The average Bonchev–Trinajstić information content (AvgIpc) is 3.21. The average molecular weight is 388 g/mol. The third kappa shape index (κ3) is 3.78. The highest BCUT2D eigenvalue weighted by Crippen LogP contribution is 2.35. The molecule has 0 fully saturated rings. The predicted octanol–water partition coefficient (Wildman–Crippen LogP) is 4.53. The third-order valence-corrected chi connectivity index (χ3v) is 4.59. The molecule has 3 aromatic carbocycles. The number of aromatic nitrogens is 2. The Balaban J connectivity index is 1.73. The molecule has 1 unspecified atom stereocenters. The molecule has 1 aromatic heterocycles. The zero-order valence-corrected chi connectivity index (χ0v) is 16.1. The SMILES string of the molecule is COC(=O)C(Oc1cc(-c2nc3ccccc3[nH]2)ccc1OC)c1ccccc1. The van der Waals surface area contributed by atoms with Crippen molar-refractivity contribution in [1.29, 1.82) is 0 Å². The summed E-state index contributed by atoms with van der Waals surface area (Å²) in [6.07, 6.45) is -0.916. The number of fused-ring (bicyclic) bond motifs is 1. The number of benzene rings is 3. The van der Waals surface area contributed by atoms with Crippen LogP contribution in [-0.2, 0) is 9.53 Å². The Morgan fingerprint density at radius 3 is 2.41 bits per heavy atom. The van der Waals surface area contributed by atoms with Crippen molar-refractivity contribution in [1.82, 2.24) is 9.97 Å². The number of imidazole rings is 1. The van der Waals surface area contributed by atoms with Gasteiger partial charge >= 0.3 is 5.97 Å². The van der Waals surface area contributed by atoms with E-state index < -0.39 is 12.1 Å². The van der Waals surface area contributed by atoms with E-state index in [1.807, 2.05) is 60.7 Å². The largest absolute Gasteiger partial charge is 0.493 e. The maximum Gasteiger partial charge on any atom is 0.351 e. The molecule has 0 aliphatic heterocycles. The van der Waals surface area contributed by atoms with E-state index in [1.54, 1.807) is 19.2 Å². The van der Waals surface area contributed by atoms with Gasteiger partial charge in [-0.3, -0.25) is 0 Å². The Morgan fingerprint density at radius 1 is 0.931 bits per heavy atom. The summed E-state index contributed by atoms with van der Waals surface area (Å²) in [6.45, 7) is 0. The molecule has 29 heavy (non-hydrogen) atoms. The number of methoxy groups -OCH3 is 2. The van der Waals surface area contributed by atoms with Gasteiger partial charge in [0.2, 0.25) is 6.10 Å². The fourth-order valence-electron chi connectivity index (χ4n) is 3.12. The van der Waals surface area contributed by atoms with Crippen LogP contribution >= 0.6 is 0 Å². The lowest BCUT2D eigenvalue weighted by atomic mass is 10.1. The highest BCUT2D eigenvalue weighted by atomic mass is 16.6. The summed E-state index contributed by atoms with van der Waals surface area (Å²) in [7, 11) is 2.89. The lowest BCUT2D eigenvalue weighted by Crippen LogP contribution is -2.20. The van der Waals surface area contributed by atoms with Crippen molar-refractivity contribution in [2.45, 2.75) is 6.10 Å². The van der Waals surface area contributed by atoms with Gasteiger partial charge in [-0.15, -0.1) is 0 Å². The highest BCUT2D eigenvalue weighted by molar-refractivity contribution is 5.80. The number of para-hydroxylation sites is 2. The van der Waals surface area contributed by atoms with Crippen LogP contribution in [-0.4, -0.2) is 30.2 Å². The molecule has 1 atom stereocenters. The fraction of sp³-hybridized carbons (Fsp3) is 0.130. The Hall–Kier alpha value is -3.80. The van der Waals surface area contributed by atoms with Crippen molar-refractivity contribution in [3.05, 3.63) is 78.4 Å². The lowest BCUT2D eigenvalue weighted by molar-refractivity contribution is -0.149. The molecule has 6 nitrogen and oxygen atoms in total. The van der Waals surface area contributed by atoms with Crippen LogP contribution in [0.25, 0.3) is 22.4 Å². The molecule has 1 heterocycles. The first-order valence-corrected chi connectivity index (χ1v) is 9.12. The number of nitrogens with one attached hydrogen (secondary N) is 1. The van der Waals surface area contributed by atoms with E-state index in [1.165, 1.54) is 7.11 Å². The van der Waals surface area contributed by atoms with Gasteiger partial charge in [0.1, 0.15) is 5.82 Å². The van der Waals surface area contributed by atoms with E-state index in [-0.39, 0.29) is 0 Å². The monoisotopic (exact) mass is 388 g/mol. The Morgan fingerprint density at radius 2 is 1.69 bits per heavy atom. The number of aromatic amines is 1. The minimum absolute atomic E-state index is 0.421. The third-order valence-electron chi connectivity index (χ3n) is 4.59. The second-order valence-electron chi connectivity index (χ2n) is 6.40. The smallest absolute Gasteiger partial charge is 0.351 e. The van der Waals surface area contributed by atoms with E-state index in [9.17, 15) is 4.79 Å². The van der Waals surface area contributed by atoms with Gasteiger partial charge in [-0.1, -0.05) is 42.5 Å². The van der Waals surface area contributed by atoms with Crippen LogP contribution in [0.5, 0.6) is 11.5 Å². The van der Waals surface area contributed by atoms with Gasteiger partial charge < -0.3 is 19.2 Å². The van der Waals surface area contributed by atoms with E-state index in [4.69, 9.17) is 14.2 Å². The second kappa shape index (κ2) is 8.06. The zero-order chi connectivity index (χ0) is 20.2. The number of H-pyrrole nitrogens is 1. The number of ether oxygens (including phenoxy) is 3. The van der Waals surface area contributed by atoms with Crippen molar-refractivity contribution < 1.29 is 19.0 Å². The first-order chi connectivity index (χ1) is 14.2. The molecule has 6 heteroatoms. The molecular formula is C23H20N2O4. The molecule has 0 spiro atoms. The zero-order valence-electron chi connectivity index (χ0n) is 16.1. The lowest BCUT2D eigenvalue weighted by Gasteiger charge is -2.19. The highest BCUT2D eigenvalue weighted by Gasteiger charge is 2.25. The number of nitrogens with zero attached hydrogens (tertiary/aromatic N) is 1. The summed E-state index contributed by atoms with van der Waals surface area (Å²) in [5.41, 5.74) is 3.32. The van der Waals surface area contributed by atoms with Gasteiger partial charge in [0.15, 0.2) is 11.5 Å². The van der Waals surface area contributed by atoms with E-state index in [0.717, 1.165) is 16.6 Å². The maximum atomic E-state index is 12.4. The molecule has 0 aliphatic rings. The molecule has 0 aliphatic carbocycles. The molecular weight excluding hydrogens is 368 g/mol. The number of hydrogen-bond acceptors (Lipinski definition) is 5. The van der Waals surface area contributed by atoms with Crippen LogP contribution in [0.15, 0.2) is 72.8 Å². The number of esters is 1. The van der Waals surface area contributed by atoms with Gasteiger partial charge in [0.25, 0.3) is 0 Å². The topological polar surface area (TPSA) is 73.4 Å². The van der Waals surface area contributed by atoms with Crippen LogP contribution in [0.3, 0.4) is 0 Å². The predicted molar refractivity (Wildman–Crippen MR) is 110 cm³/mol. The molecule has 0 saturated heterocycles. The Kier molecular flexibility index (Phi) is 5.16. The molecule has 0 amide bonds. The molecule has 0 bridgehead atoms. The fourth-order valence-corrected chi connectivity index (χ4v) is 3.12. The normalized spacial score (nSPS) is 11.8. The number of hydrogen-bond donors (Lipinski definition) is 1. The van der Waals surface area contributed by atoms with E-state index in [0.29, 0.717) is 22.9 Å². The quantitative estimate of drug-likeness (QED) is 0.491. The van der Waals surface area contributed by atoms with E-state index in [2.05, 4.69) is 9.97 Å².